The Hall–Kier alpha value is -0.850. The minimum absolute atomic E-state index is 0.517. The van der Waals surface area contributed by atoms with Crippen molar-refractivity contribution in [3.05, 3.63) is 12.7 Å². The van der Waals surface area contributed by atoms with Gasteiger partial charge in [0.15, 0.2) is 0 Å². The largest absolute Gasteiger partial charge is 0.376 e. The second kappa shape index (κ2) is 6.58. The summed E-state index contributed by atoms with van der Waals surface area (Å²) in [6.07, 6.45) is 4.82. The maximum Gasteiger partial charge on any atom is 0.0645 e. The van der Waals surface area contributed by atoms with Crippen molar-refractivity contribution < 1.29 is 4.74 Å². The minimum atomic E-state index is 0.517. The molecule has 78 valence electrons. The number of ether oxygens (including phenoxy) is 1. The van der Waals surface area contributed by atoms with Gasteiger partial charge in [-0.25, -0.2) is 0 Å². The number of nitrogens with zero attached hydrogens (tertiary/aromatic N) is 2. The molecule has 1 fully saturated rings. The van der Waals surface area contributed by atoms with Crippen LogP contribution in [0.3, 0.4) is 0 Å². The van der Waals surface area contributed by atoms with Gasteiger partial charge in [-0.3, -0.25) is 4.90 Å². The molecule has 3 nitrogen and oxygen atoms in total. The smallest absolute Gasteiger partial charge is 0.0645 e. The lowest BCUT2D eigenvalue weighted by Gasteiger charge is -2.22. The summed E-state index contributed by atoms with van der Waals surface area (Å²) in [5.41, 5.74) is 0. The first-order chi connectivity index (χ1) is 6.88. The summed E-state index contributed by atoms with van der Waals surface area (Å²) in [6, 6.07) is 2.70. The van der Waals surface area contributed by atoms with Crippen LogP contribution in [0.4, 0.5) is 0 Å². The lowest BCUT2D eigenvalue weighted by Crippen LogP contribution is -2.33. The van der Waals surface area contributed by atoms with E-state index in [0.717, 1.165) is 19.7 Å². The number of nitriles is 1. The lowest BCUT2D eigenvalue weighted by atomic mass is 10.2. The van der Waals surface area contributed by atoms with E-state index < -0.39 is 0 Å². The number of hydrogen-bond acceptors (Lipinski definition) is 3. The third-order valence-electron chi connectivity index (χ3n) is 2.56. The van der Waals surface area contributed by atoms with Gasteiger partial charge in [-0.2, -0.15) is 5.26 Å². The van der Waals surface area contributed by atoms with Gasteiger partial charge < -0.3 is 4.74 Å². The molecule has 1 aliphatic heterocycles. The lowest BCUT2D eigenvalue weighted by molar-refractivity contribution is 0.0954. The van der Waals surface area contributed by atoms with E-state index in [4.69, 9.17) is 10.00 Å². The molecule has 0 bridgehead atoms. The first kappa shape index (κ1) is 11.2. The molecule has 14 heavy (non-hydrogen) atoms. The molecule has 1 saturated heterocycles. The summed E-state index contributed by atoms with van der Waals surface area (Å²) in [6.45, 7) is 7.02. The van der Waals surface area contributed by atoms with Crippen molar-refractivity contribution >= 4 is 0 Å². The second-order valence-electron chi connectivity index (χ2n) is 3.57. The molecule has 0 spiro atoms. The highest BCUT2D eigenvalue weighted by atomic mass is 16.5. The Kier molecular flexibility index (Phi) is 5.28. The summed E-state index contributed by atoms with van der Waals surface area (Å²) in [5, 5.41) is 8.51. The van der Waals surface area contributed by atoms with Gasteiger partial charge in [-0.1, -0.05) is 6.08 Å². The second-order valence-corrected chi connectivity index (χ2v) is 3.57. The average molecular weight is 194 g/mol. The summed E-state index contributed by atoms with van der Waals surface area (Å²) in [4.78, 5) is 2.35. The first-order valence-corrected chi connectivity index (χ1v) is 5.18. The van der Waals surface area contributed by atoms with Crippen molar-refractivity contribution in [2.75, 3.05) is 26.3 Å². The van der Waals surface area contributed by atoms with Crippen LogP contribution in [0.15, 0.2) is 12.7 Å². The van der Waals surface area contributed by atoms with E-state index >= 15 is 0 Å². The highest BCUT2D eigenvalue weighted by Gasteiger charge is 2.23. The van der Waals surface area contributed by atoms with E-state index in [1.165, 1.54) is 12.8 Å². The first-order valence-electron chi connectivity index (χ1n) is 5.18. The molecule has 1 rings (SSSR count). The molecule has 0 saturated carbocycles. The molecule has 0 aromatic carbocycles. The van der Waals surface area contributed by atoms with Gasteiger partial charge >= 0.3 is 0 Å². The third-order valence-corrected chi connectivity index (χ3v) is 2.56. The van der Waals surface area contributed by atoms with Crippen LogP contribution in [0, 0.1) is 11.3 Å². The van der Waals surface area contributed by atoms with Gasteiger partial charge in [-0.05, 0) is 19.4 Å². The molecule has 0 aliphatic carbocycles. The van der Waals surface area contributed by atoms with Crippen molar-refractivity contribution in [1.29, 1.82) is 5.26 Å². The minimum Gasteiger partial charge on any atom is -0.376 e. The zero-order valence-electron chi connectivity index (χ0n) is 8.61. The molecule has 3 heteroatoms. The molecule has 0 amide bonds. The summed E-state index contributed by atoms with van der Waals surface area (Å²) >= 11 is 0. The summed E-state index contributed by atoms with van der Waals surface area (Å²) in [7, 11) is 0. The van der Waals surface area contributed by atoms with Crippen LogP contribution >= 0.6 is 0 Å². The Labute approximate surface area is 86.0 Å². The van der Waals surface area contributed by atoms with Gasteiger partial charge in [0.25, 0.3) is 0 Å². The Morgan fingerprint density at radius 3 is 3.21 bits per heavy atom. The van der Waals surface area contributed by atoms with E-state index in [0.29, 0.717) is 19.1 Å². The maximum absolute atomic E-state index is 8.51. The van der Waals surface area contributed by atoms with Gasteiger partial charge in [0.2, 0.25) is 0 Å². The van der Waals surface area contributed by atoms with Crippen LogP contribution < -0.4 is 0 Å². The van der Waals surface area contributed by atoms with Crippen molar-refractivity contribution in [3.63, 3.8) is 0 Å². The fraction of sp³-hybridized carbons (Fsp3) is 0.727. The zero-order chi connectivity index (χ0) is 10.2. The Morgan fingerprint density at radius 2 is 2.50 bits per heavy atom. The topological polar surface area (TPSA) is 36.3 Å². The zero-order valence-corrected chi connectivity index (χ0v) is 8.61. The summed E-state index contributed by atoms with van der Waals surface area (Å²) in [5.74, 6) is 0. The molecule has 0 aromatic heterocycles. The highest BCUT2D eigenvalue weighted by Crippen LogP contribution is 2.17. The molecule has 0 unspecified atom stereocenters. The van der Waals surface area contributed by atoms with E-state index in [-0.39, 0.29) is 0 Å². The van der Waals surface area contributed by atoms with Gasteiger partial charge in [0.05, 0.1) is 19.3 Å². The van der Waals surface area contributed by atoms with Gasteiger partial charge in [0.1, 0.15) is 0 Å². The molecule has 0 N–H and O–H groups in total. The predicted octanol–water partition coefficient (Wildman–Crippen LogP) is 1.57. The van der Waals surface area contributed by atoms with Crippen molar-refractivity contribution in [1.82, 2.24) is 4.90 Å². The quantitative estimate of drug-likeness (QED) is 0.475. The van der Waals surface area contributed by atoms with Gasteiger partial charge in [0, 0.05) is 19.0 Å². The molecule has 0 radical (unpaired) electrons. The fourth-order valence-corrected chi connectivity index (χ4v) is 1.86. The standard InChI is InChI=1S/C11H18N2O/c1-2-9-14-10-11-5-3-7-13(11)8-4-6-12/h2,11H,1,3-5,7-10H2/t11-/m0/s1. The van der Waals surface area contributed by atoms with E-state index in [2.05, 4.69) is 17.5 Å². The van der Waals surface area contributed by atoms with E-state index in [1.54, 1.807) is 6.08 Å². The average Bonchev–Trinajstić information content (AvgIpc) is 2.63. The molecule has 0 aromatic rings. The predicted molar refractivity (Wildman–Crippen MR) is 55.8 cm³/mol. The normalized spacial score (nSPS) is 22.1. The Balaban J connectivity index is 2.21. The van der Waals surface area contributed by atoms with Crippen LogP contribution in [0.2, 0.25) is 0 Å². The number of likely N-dealkylation sites (tertiary alicyclic amines) is 1. The van der Waals surface area contributed by atoms with Crippen molar-refractivity contribution in [2.24, 2.45) is 0 Å². The molecule has 1 heterocycles. The van der Waals surface area contributed by atoms with Crippen LogP contribution in [0.1, 0.15) is 19.3 Å². The van der Waals surface area contributed by atoms with Crippen LogP contribution in [0.5, 0.6) is 0 Å². The highest BCUT2D eigenvalue weighted by molar-refractivity contribution is 4.82. The van der Waals surface area contributed by atoms with Crippen molar-refractivity contribution in [3.8, 4) is 6.07 Å². The van der Waals surface area contributed by atoms with Crippen molar-refractivity contribution in [2.45, 2.75) is 25.3 Å². The monoisotopic (exact) mass is 194 g/mol. The molecular weight excluding hydrogens is 176 g/mol. The summed E-state index contributed by atoms with van der Waals surface area (Å²) < 4.78 is 5.43. The third kappa shape index (κ3) is 3.49. The molecular formula is C11H18N2O. The van der Waals surface area contributed by atoms with E-state index in [1.807, 2.05) is 0 Å². The molecule has 1 aliphatic rings. The fourth-order valence-electron chi connectivity index (χ4n) is 1.86. The van der Waals surface area contributed by atoms with Crippen LogP contribution in [0.25, 0.3) is 0 Å². The maximum atomic E-state index is 8.51. The van der Waals surface area contributed by atoms with Crippen LogP contribution in [-0.4, -0.2) is 37.2 Å². The van der Waals surface area contributed by atoms with Crippen LogP contribution in [-0.2, 0) is 4.74 Å². The Bertz CT molecular complexity index is 210. The SMILES string of the molecule is C=CCOC[C@@H]1CCCN1CCC#N. The van der Waals surface area contributed by atoms with E-state index in [9.17, 15) is 0 Å². The number of rotatable bonds is 6. The number of hydrogen-bond donors (Lipinski definition) is 0. The molecule has 1 atom stereocenters. The Morgan fingerprint density at radius 1 is 1.64 bits per heavy atom. The van der Waals surface area contributed by atoms with Gasteiger partial charge in [-0.15, -0.1) is 6.58 Å².